The summed E-state index contributed by atoms with van der Waals surface area (Å²) in [7, 11) is -3.75. The summed E-state index contributed by atoms with van der Waals surface area (Å²) in [6, 6.07) is 8.39. The molecule has 0 unspecified atom stereocenters. The minimum atomic E-state index is -3.75. The Morgan fingerprint density at radius 1 is 1.24 bits per heavy atom. The summed E-state index contributed by atoms with van der Waals surface area (Å²) < 4.78 is 33.3. The van der Waals surface area contributed by atoms with Crippen LogP contribution < -0.4 is 4.72 Å². The molecule has 0 radical (unpaired) electrons. The summed E-state index contributed by atoms with van der Waals surface area (Å²) in [4.78, 5) is 20.4. The lowest BCUT2D eigenvalue weighted by Gasteiger charge is -2.40. The van der Waals surface area contributed by atoms with E-state index in [9.17, 15) is 13.2 Å². The van der Waals surface area contributed by atoms with Gasteiger partial charge < -0.3 is 9.64 Å². The van der Waals surface area contributed by atoms with E-state index in [0.717, 1.165) is 24.2 Å². The molecule has 0 spiro atoms. The molecular weight excluding hydrogens is 464 g/mol. The summed E-state index contributed by atoms with van der Waals surface area (Å²) >= 11 is 5.74. The van der Waals surface area contributed by atoms with Crippen LogP contribution in [0.25, 0.3) is 0 Å². The smallest absolute Gasteiger partial charge is 0.410 e. The van der Waals surface area contributed by atoms with Crippen LogP contribution in [0.15, 0.2) is 41.4 Å². The second-order valence-electron chi connectivity index (χ2n) is 9.32. The third-order valence-electron chi connectivity index (χ3n) is 5.34. The number of hydrogen-bond donors (Lipinski definition) is 1. The molecule has 2 aromatic rings. The summed E-state index contributed by atoms with van der Waals surface area (Å²) in [5.41, 5.74) is 2.04. The van der Waals surface area contributed by atoms with Gasteiger partial charge in [-0.15, -0.1) is 0 Å². The van der Waals surface area contributed by atoms with E-state index in [1.54, 1.807) is 11.0 Å². The van der Waals surface area contributed by atoms with Crippen molar-refractivity contribution >= 4 is 33.4 Å². The second kappa shape index (κ2) is 9.87. The third-order valence-corrected chi connectivity index (χ3v) is 6.93. The van der Waals surface area contributed by atoms with Crippen LogP contribution in [0, 0.1) is 6.92 Å². The first-order valence-electron chi connectivity index (χ1n) is 10.8. The summed E-state index contributed by atoms with van der Waals surface area (Å²) in [6.45, 7) is 12.4. The molecule has 0 saturated carbocycles. The van der Waals surface area contributed by atoms with E-state index in [-0.39, 0.29) is 22.2 Å². The number of piperazine rings is 1. The van der Waals surface area contributed by atoms with E-state index in [4.69, 9.17) is 16.3 Å². The van der Waals surface area contributed by atoms with Crippen molar-refractivity contribution in [3.63, 3.8) is 0 Å². The number of ether oxygens (including phenoxy) is 1. The molecule has 8 nitrogen and oxygen atoms in total. The molecule has 0 bridgehead atoms. The van der Waals surface area contributed by atoms with Crippen LogP contribution >= 0.6 is 11.6 Å². The molecule has 3 rings (SSSR count). The van der Waals surface area contributed by atoms with Crippen LogP contribution in [0.1, 0.15) is 38.8 Å². The maximum absolute atomic E-state index is 12.6. The molecule has 1 saturated heterocycles. The molecule has 180 valence electrons. The fourth-order valence-electron chi connectivity index (χ4n) is 3.68. The fourth-order valence-corrected chi connectivity index (χ4v) is 4.79. The highest BCUT2D eigenvalue weighted by Gasteiger charge is 2.30. The number of anilines is 1. The number of aryl methyl sites for hydroxylation is 1. The number of rotatable bonds is 5. The van der Waals surface area contributed by atoms with Gasteiger partial charge in [-0.3, -0.25) is 9.62 Å². The Hall–Kier alpha value is -2.36. The summed E-state index contributed by atoms with van der Waals surface area (Å²) in [5, 5.41) is 0.232. The Morgan fingerprint density at radius 3 is 2.55 bits per heavy atom. The number of sulfonamides is 1. The number of hydrogen-bond acceptors (Lipinski definition) is 6. The van der Waals surface area contributed by atoms with Crippen LogP contribution in [0.2, 0.25) is 5.15 Å². The van der Waals surface area contributed by atoms with Gasteiger partial charge in [0.1, 0.15) is 15.6 Å². The number of nitrogens with one attached hydrogen (secondary N) is 1. The van der Waals surface area contributed by atoms with E-state index in [2.05, 4.69) is 14.6 Å². The second-order valence-corrected chi connectivity index (χ2v) is 11.4. The Labute approximate surface area is 200 Å². The maximum atomic E-state index is 12.6. The van der Waals surface area contributed by atoms with Crippen molar-refractivity contribution in [2.45, 2.75) is 57.7 Å². The zero-order chi connectivity index (χ0) is 24.4. The van der Waals surface area contributed by atoms with Gasteiger partial charge in [0.05, 0.1) is 0 Å². The van der Waals surface area contributed by atoms with E-state index in [0.29, 0.717) is 18.8 Å². The SMILES string of the molecule is Cc1cc(NS(=O)(=O)c2ccc(Cl)nc2)ccc1CN1CCN(C(=O)OC(C)(C)C)[C@@H](C)C1. The molecule has 1 aliphatic rings. The summed E-state index contributed by atoms with van der Waals surface area (Å²) in [5.74, 6) is 0. The zero-order valence-corrected chi connectivity index (χ0v) is 21.2. The molecular formula is C23H31ClN4O4S. The van der Waals surface area contributed by atoms with Gasteiger partial charge in [0, 0.05) is 44.1 Å². The van der Waals surface area contributed by atoms with E-state index in [1.165, 1.54) is 18.3 Å². The van der Waals surface area contributed by atoms with Crippen molar-refractivity contribution in [3.8, 4) is 0 Å². The lowest BCUT2D eigenvalue weighted by Crippen LogP contribution is -2.54. The van der Waals surface area contributed by atoms with Gasteiger partial charge in [0.15, 0.2) is 0 Å². The lowest BCUT2D eigenvalue weighted by molar-refractivity contribution is 0.000533. The highest BCUT2D eigenvalue weighted by molar-refractivity contribution is 7.92. The minimum absolute atomic E-state index is 0.0352. The predicted molar refractivity (Wildman–Crippen MR) is 129 cm³/mol. The minimum Gasteiger partial charge on any atom is -0.444 e. The highest BCUT2D eigenvalue weighted by atomic mass is 35.5. The van der Waals surface area contributed by atoms with Gasteiger partial charge in [-0.2, -0.15) is 0 Å². The van der Waals surface area contributed by atoms with E-state index in [1.807, 2.05) is 46.8 Å². The van der Waals surface area contributed by atoms with E-state index < -0.39 is 15.6 Å². The first-order chi connectivity index (χ1) is 15.3. The Morgan fingerprint density at radius 2 is 1.97 bits per heavy atom. The number of carbonyl (C=O) groups excluding carboxylic acids is 1. The Bertz CT molecular complexity index is 1100. The third kappa shape index (κ3) is 6.82. The van der Waals surface area contributed by atoms with Crippen LogP contribution in [0.4, 0.5) is 10.5 Å². The number of nitrogens with zero attached hydrogens (tertiary/aromatic N) is 3. The standard InChI is InChI=1S/C23H31ClN4O4S/c1-16-12-19(26-33(30,31)20-8-9-21(24)25-13-20)7-6-18(16)15-27-10-11-28(17(2)14-27)22(29)32-23(3,4)5/h6-9,12-13,17,26H,10-11,14-15H2,1-5H3/t17-/m0/s1. The fraction of sp³-hybridized carbons (Fsp3) is 0.478. The van der Waals surface area contributed by atoms with Crippen LogP contribution in [0.3, 0.4) is 0 Å². The maximum Gasteiger partial charge on any atom is 0.410 e. The number of benzene rings is 1. The summed E-state index contributed by atoms with van der Waals surface area (Å²) in [6.07, 6.45) is 0.947. The van der Waals surface area contributed by atoms with Crippen molar-refractivity contribution in [3.05, 3.63) is 52.8 Å². The number of pyridine rings is 1. The highest BCUT2D eigenvalue weighted by Crippen LogP contribution is 2.22. The number of halogens is 1. The quantitative estimate of drug-likeness (QED) is 0.623. The van der Waals surface area contributed by atoms with Crippen molar-refractivity contribution in [1.82, 2.24) is 14.8 Å². The zero-order valence-electron chi connectivity index (χ0n) is 19.6. The first-order valence-corrected chi connectivity index (χ1v) is 12.7. The van der Waals surface area contributed by atoms with Gasteiger partial charge in [0.2, 0.25) is 0 Å². The molecule has 1 aromatic heterocycles. The normalized spacial score (nSPS) is 17.6. The monoisotopic (exact) mass is 494 g/mol. The number of amides is 1. The van der Waals surface area contributed by atoms with E-state index >= 15 is 0 Å². The first kappa shape index (κ1) is 25.3. The lowest BCUT2D eigenvalue weighted by atomic mass is 10.1. The van der Waals surface area contributed by atoms with Gasteiger partial charge in [-0.05, 0) is 70.0 Å². The van der Waals surface area contributed by atoms with Crippen LogP contribution in [-0.2, 0) is 21.3 Å². The van der Waals surface area contributed by atoms with Gasteiger partial charge in [0.25, 0.3) is 10.0 Å². The van der Waals surface area contributed by atoms with Crippen molar-refractivity contribution in [2.75, 3.05) is 24.4 Å². The number of carbonyl (C=O) groups is 1. The molecule has 1 amide bonds. The molecule has 2 heterocycles. The molecule has 0 aliphatic carbocycles. The molecule has 10 heteroatoms. The van der Waals surface area contributed by atoms with Gasteiger partial charge in [-0.1, -0.05) is 17.7 Å². The van der Waals surface area contributed by atoms with Crippen molar-refractivity contribution in [2.24, 2.45) is 0 Å². The van der Waals surface area contributed by atoms with Crippen LogP contribution in [-0.4, -0.2) is 60.6 Å². The average Bonchev–Trinajstić information content (AvgIpc) is 2.69. The molecule has 1 aliphatic heterocycles. The van der Waals surface area contributed by atoms with Crippen molar-refractivity contribution in [1.29, 1.82) is 0 Å². The molecule has 33 heavy (non-hydrogen) atoms. The number of aromatic nitrogens is 1. The molecule has 1 aromatic carbocycles. The molecule has 1 atom stereocenters. The van der Waals surface area contributed by atoms with Gasteiger partial charge >= 0.3 is 6.09 Å². The average molecular weight is 495 g/mol. The molecule has 1 fully saturated rings. The Balaban J connectivity index is 1.62. The van der Waals surface area contributed by atoms with Crippen molar-refractivity contribution < 1.29 is 17.9 Å². The Kier molecular flexibility index (Phi) is 7.55. The predicted octanol–water partition coefficient (Wildman–Crippen LogP) is 4.29. The topological polar surface area (TPSA) is 91.8 Å². The van der Waals surface area contributed by atoms with Crippen LogP contribution in [0.5, 0.6) is 0 Å². The largest absolute Gasteiger partial charge is 0.444 e. The molecule has 1 N–H and O–H groups in total. The van der Waals surface area contributed by atoms with Gasteiger partial charge in [-0.25, -0.2) is 18.2 Å².